The molecule has 7 nitrogen and oxygen atoms in total. The molecular weight excluding hydrogens is 428 g/mol. The summed E-state index contributed by atoms with van der Waals surface area (Å²) in [6.07, 6.45) is 0.738. The van der Waals surface area contributed by atoms with E-state index in [0.29, 0.717) is 23.7 Å². The molecule has 0 spiro atoms. The van der Waals surface area contributed by atoms with E-state index in [-0.39, 0.29) is 17.3 Å². The molecule has 3 aromatic rings. The van der Waals surface area contributed by atoms with Gasteiger partial charge in [-0.05, 0) is 54.4 Å². The normalized spacial score (nSPS) is 12.9. The number of carbonyl (C=O) groups is 1. The van der Waals surface area contributed by atoms with Crippen LogP contribution in [0.3, 0.4) is 0 Å². The van der Waals surface area contributed by atoms with E-state index >= 15 is 0 Å². The molecule has 0 fully saturated rings. The number of ether oxygens (including phenoxy) is 2. The third-order valence-electron chi connectivity index (χ3n) is 5.47. The van der Waals surface area contributed by atoms with Crippen LogP contribution in [0, 0.1) is 0 Å². The van der Waals surface area contributed by atoms with Crippen molar-refractivity contribution in [3.8, 4) is 11.5 Å². The SMILES string of the molecule is COc1ccc(S(=O)(=O)N(CC(=O)N2CCc3ccccc32)c2ccccc2OC)cc1. The Morgan fingerprint density at radius 3 is 2.34 bits per heavy atom. The Morgan fingerprint density at radius 2 is 1.62 bits per heavy atom. The number of benzene rings is 3. The van der Waals surface area contributed by atoms with Gasteiger partial charge in [0.15, 0.2) is 0 Å². The number of hydrogen-bond donors (Lipinski definition) is 0. The fourth-order valence-corrected chi connectivity index (χ4v) is 5.24. The number of rotatable bonds is 7. The highest BCUT2D eigenvalue weighted by Crippen LogP contribution is 2.34. The van der Waals surface area contributed by atoms with Crippen molar-refractivity contribution in [2.45, 2.75) is 11.3 Å². The number of nitrogens with zero attached hydrogens (tertiary/aromatic N) is 2. The predicted octanol–water partition coefficient (Wildman–Crippen LogP) is 3.49. The Labute approximate surface area is 187 Å². The molecule has 0 aromatic heterocycles. The zero-order chi connectivity index (χ0) is 22.7. The Kier molecular flexibility index (Phi) is 6.05. The van der Waals surface area contributed by atoms with Gasteiger partial charge in [0, 0.05) is 12.2 Å². The lowest BCUT2D eigenvalue weighted by Gasteiger charge is -2.28. The van der Waals surface area contributed by atoms with E-state index in [0.717, 1.165) is 22.0 Å². The summed E-state index contributed by atoms with van der Waals surface area (Å²) in [7, 11) is -1.08. The first-order valence-corrected chi connectivity index (χ1v) is 11.6. The Hall–Kier alpha value is -3.52. The van der Waals surface area contributed by atoms with E-state index in [1.165, 1.54) is 26.4 Å². The average Bonchev–Trinajstić information content (AvgIpc) is 3.26. The van der Waals surface area contributed by atoms with Crippen LogP contribution in [-0.2, 0) is 21.2 Å². The molecule has 32 heavy (non-hydrogen) atoms. The molecule has 0 aliphatic carbocycles. The number of sulfonamides is 1. The maximum absolute atomic E-state index is 13.7. The van der Waals surface area contributed by atoms with Crippen LogP contribution in [0.5, 0.6) is 11.5 Å². The average molecular weight is 453 g/mol. The number of methoxy groups -OCH3 is 2. The largest absolute Gasteiger partial charge is 0.497 e. The minimum atomic E-state index is -4.06. The molecule has 166 valence electrons. The molecule has 0 bridgehead atoms. The van der Waals surface area contributed by atoms with Crippen molar-refractivity contribution < 1.29 is 22.7 Å². The summed E-state index contributed by atoms with van der Waals surface area (Å²) in [6, 6.07) is 20.5. The predicted molar refractivity (Wildman–Crippen MR) is 123 cm³/mol. The second-order valence-corrected chi connectivity index (χ2v) is 9.15. The molecule has 8 heteroatoms. The van der Waals surface area contributed by atoms with E-state index in [9.17, 15) is 13.2 Å². The topological polar surface area (TPSA) is 76.2 Å². The van der Waals surface area contributed by atoms with Gasteiger partial charge in [-0.1, -0.05) is 30.3 Å². The second kappa shape index (κ2) is 8.92. The third-order valence-corrected chi connectivity index (χ3v) is 7.24. The van der Waals surface area contributed by atoms with E-state index in [4.69, 9.17) is 9.47 Å². The fraction of sp³-hybridized carbons (Fsp3) is 0.208. The van der Waals surface area contributed by atoms with Crippen LogP contribution >= 0.6 is 0 Å². The highest BCUT2D eigenvalue weighted by Gasteiger charge is 2.33. The second-order valence-electron chi connectivity index (χ2n) is 7.28. The minimum Gasteiger partial charge on any atom is -0.497 e. The molecule has 1 amide bonds. The van der Waals surface area contributed by atoms with E-state index in [1.807, 2.05) is 24.3 Å². The first kappa shape index (κ1) is 21.7. The minimum absolute atomic E-state index is 0.0545. The van der Waals surface area contributed by atoms with Crippen LogP contribution in [0.15, 0.2) is 77.7 Å². The lowest BCUT2D eigenvalue weighted by Crippen LogP contribution is -2.42. The molecule has 1 heterocycles. The highest BCUT2D eigenvalue weighted by atomic mass is 32.2. The van der Waals surface area contributed by atoms with Crippen molar-refractivity contribution in [3.05, 3.63) is 78.4 Å². The number of amides is 1. The van der Waals surface area contributed by atoms with E-state index in [1.54, 1.807) is 41.3 Å². The summed E-state index contributed by atoms with van der Waals surface area (Å²) in [5, 5.41) is 0. The van der Waals surface area contributed by atoms with Crippen molar-refractivity contribution in [2.24, 2.45) is 0 Å². The first-order valence-electron chi connectivity index (χ1n) is 10.1. The molecule has 3 aromatic carbocycles. The van der Waals surface area contributed by atoms with Gasteiger partial charge in [0.1, 0.15) is 18.0 Å². The van der Waals surface area contributed by atoms with Crippen LogP contribution in [-0.4, -0.2) is 41.6 Å². The first-order chi connectivity index (χ1) is 15.5. The Balaban J connectivity index is 1.74. The zero-order valence-corrected chi connectivity index (χ0v) is 18.7. The van der Waals surface area contributed by atoms with Gasteiger partial charge in [0.25, 0.3) is 10.0 Å². The maximum Gasteiger partial charge on any atom is 0.264 e. The van der Waals surface area contributed by atoms with Gasteiger partial charge in [-0.15, -0.1) is 0 Å². The van der Waals surface area contributed by atoms with Gasteiger partial charge in [-0.2, -0.15) is 0 Å². The van der Waals surface area contributed by atoms with Crippen molar-refractivity contribution in [3.63, 3.8) is 0 Å². The lowest BCUT2D eigenvalue weighted by atomic mass is 10.2. The quantitative estimate of drug-likeness (QED) is 0.549. The number of anilines is 2. The van der Waals surface area contributed by atoms with Crippen molar-refractivity contribution in [1.29, 1.82) is 0 Å². The summed E-state index contributed by atoms with van der Waals surface area (Å²) in [6.45, 7) is 0.156. The van der Waals surface area contributed by atoms with Crippen LogP contribution in [0.1, 0.15) is 5.56 Å². The fourth-order valence-electron chi connectivity index (χ4n) is 3.82. The Morgan fingerprint density at radius 1 is 0.938 bits per heavy atom. The summed E-state index contributed by atoms with van der Waals surface area (Å²) >= 11 is 0. The van der Waals surface area contributed by atoms with Gasteiger partial charge >= 0.3 is 0 Å². The molecule has 1 aliphatic heterocycles. The van der Waals surface area contributed by atoms with Crippen LogP contribution in [0.25, 0.3) is 0 Å². The monoisotopic (exact) mass is 452 g/mol. The maximum atomic E-state index is 13.7. The van der Waals surface area contributed by atoms with Gasteiger partial charge in [0.05, 0.1) is 24.8 Å². The Bertz CT molecular complexity index is 1230. The van der Waals surface area contributed by atoms with Crippen molar-refractivity contribution in [2.75, 3.05) is 36.5 Å². The number of para-hydroxylation sites is 3. The number of hydrogen-bond acceptors (Lipinski definition) is 5. The van der Waals surface area contributed by atoms with Gasteiger partial charge < -0.3 is 14.4 Å². The van der Waals surface area contributed by atoms with Crippen molar-refractivity contribution >= 4 is 27.3 Å². The van der Waals surface area contributed by atoms with Crippen LogP contribution in [0.2, 0.25) is 0 Å². The number of fused-ring (bicyclic) bond motifs is 1. The van der Waals surface area contributed by atoms with Crippen LogP contribution < -0.4 is 18.7 Å². The van der Waals surface area contributed by atoms with E-state index in [2.05, 4.69) is 0 Å². The molecule has 0 radical (unpaired) electrons. The lowest BCUT2D eigenvalue weighted by molar-refractivity contribution is -0.117. The summed E-state index contributed by atoms with van der Waals surface area (Å²) < 4.78 is 39.0. The molecule has 0 saturated heterocycles. The van der Waals surface area contributed by atoms with Crippen molar-refractivity contribution in [1.82, 2.24) is 0 Å². The zero-order valence-electron chi connectivity index (χ0n) is 17.9. The molecule has 0 saturated carbocycles. The highest BCUT2D eigenvalue weighted by molar-refractivity contribution is 7.92. The van der Waals surface area contributed by atoms with E-state index < -0.39 is 10.0 Å². The van der Waals surface area contributed by atoms with Gasteiger partial charge in [-0.25, -0.2) is 8.42 Å². The molecule has 0 N–H and O–H groups in total. The third kappa shape index (κ3) is 4.01. The van der Waals surface area contributed by atoms with Crippen LogP contribution in [0.4, 0.5) is 11.4 Å². The standard InChI is InChI=1S/C24H24N2O5S/c1-30-19-11-13-20(14-12-19)32(28,29)26(22-9-5-6-10-23(22)31-2)17-24(27)25-16-15-18-7-3-4-8-21(18)25/h3-14H,15-17H2,1-2H3. The summed E-state index contributed by atoms with van der Waals surface area (Å²) in [5.74, 6) is 0.592. The summed E-state index contributed by atoms with van der Waals surface area (Å²) in [4.78, 5) is 15.0. The number of carbonyl (C=O) groups excluding carboxylic acids is 1. The molecule has 1 aliphatic rings. The smallest absolute Gasteiger partial charge is 0.264 e. The molecular formula is C24H24N2O5S. The molecule has 0 atom stereocenters. The van der Waals surface area contributed by atoms with Gasteiger partial charge in [-0.3, -0.25) is 9.10 Å². The molecule has 4 rings (SSSR count). The summed E-state index contributed by atoms with van der Waals surface area (Å²) in [5.41, 5.74) is 2.19. The molecule has 0 unspecified atom stereocenters. The van der Waals surface area contributed by atoms with Gasteiger partial charge in [0.2, 0.25) is 5.91 Å².